The first-order chi connectivity index (χ1) is 27.6. The maximum Gasteiger partial charge on any atom is 0.185 e. The molecule has 4 rings (SSSR count). The van der Waals surface area contributed by atoms with Gasteiger partial charge in [0, 0.05) is 5.56 Å². The van der Waals surface area contributed by atoms with Crippen molar-refractivity contribution in [1.29, 1.82) is 1.28 Å². The predicted octanol–water partition coefficient (Wildman–Crippen LogP) is 11.8. The number of Topliss-reactive ketones (excluding diaryl/α,β-unsaturated/α-hetero) is 1. The fourth-order valence-electron chi connectivity index (χ4n) is 7.01. The molecule has 0 saturated carbocycles. The molecule has 0 aliphatic carbocycles. The van der Waals surface area contributed by atoms with E-state index in [1.54, 1.807) is 27.7 Å². The predicted molar refractivity (Wildman–Crippen MR) is 298 cm³/mol. The van der Waals surface area contributed by atoms with Crippen LogP contribution >= 0.6 is 32.4 Å². The van der Waals surface area contributed by atoms with Crippen molar-refractivity contribution < 1.29 is 14.3 Å². The number of fused-ring (bicyclic) bond motifs is 2. The number of hydrogen-bond donors (Lipinski definition) is 1. The molecule has 0 spiro atoms. The third kappa shape index (κ3) is 21.7. The highest BCUT2D eigenvalue weighted by Crippen LogP contribution is 2.28. The molecule has 338 valence electrons. The first-order valence-corrected chi connectivity index (χ1v) is 46.1. The number of carbonyl (C=O) groups excluding carboxylic acids is 1. The molecule has 3 atom stereocenters. The molecule has 2 aliphatic heterocycles. The lowest BCUT2D eigenvalue weighted by molar-refractivity contribution is 0.101. The van der Waals surface area contributed by atoms with E-state index in [0.717, 1.165) is 11.1 Å². The summed E-state index contributed by atoms with van der Waals surface area (Å²) < 4.78 is 11.7. The number of alkyl halides is 2. The van der Waals surface area contributed by atoms with E-state index in [-0.39, 0.29) is 23.3 Å². The van der Waals surface area contributed by atoms with Crippen LogP contribution in [0, 0.1) is 36.3 Å². The highest BCUT2D eigenvalue weighted by atomic mass is 35.5. The van der Waals surface area contributed by atoms with E-state index in [4.69, 9.17) is 48.2 Å². The fraction of sp³-hybridized carbons (Fsp3) is 0.596. The number of rotatable bonds is 7. The van der Waals surface area contributed by atoms with Gasteiger partial charge in [-0.05, 0) is 58.1 Å². The average molecular weight is 998 g/mol. The molecule has 1 N–H and O–H groups in total. The van der Waals surface area contributed by atoms with Crippen molar-refractivity contribution in [1.82, 2.24) is 0 Å². The summed E-state index contributed by atoms with van der Waals surface area (Å²) >= 11 is 9.53. The minimum Gasteiger partial charge on any atom is -0.404 e. The Morgan fingerprint density at radius 2 is 1.08 bits per heavy atom. The first-order valence-electron chi connectivity index (χ1n) is 21.9. The molecule has 0 amide bonds. The Morgan fingerprint density at radius 1 is 0.750 bits per heavy atom. The second-order valence-corrected chi connectivity index (χ2v) is 54.6. The van der Waals surface area contributed by atoms with Gasteiger partial charge in [-0.15, -0.1) is 62.7 Å². The average Bonchev–Trinajstić information content (AvgIpc) is 3.15. The molecule has 2 aromatic rings. The normalized spacial score (nSPS) is 17.8. The molecule has 2 aromatic carbocycles. The van der Waals surface area contributed by atoms with Crippen LogP contribution in [-0.2, 0) is 4.43 Å². The van der Waals surface area contributed by atoms with E-state index in [2.05, 4.69) is 146 Å². The second kappa shape index (κ2) is 26.3. The van der Waals surface area contributed by atoms with Crippen LogP contribution in [-0.4, -0.2) is 87.0 Å². The summed E-state index contributed by atoms with van der Waals surface area (Å²) in [4.78, 5) is 11.5. The zero-order chi connectivity index (χ0) is 48.4. The van der Waals surface area contributed by atoms with Gasteiger partial charge < -0.3 is 9.53 Å². The van der Waals surface area contributed by atoms with Crippen LogP contribution in [0.4, 0.5) is 0 Å². The Morgan fingerprint density at radius 3 is 1.37 bits per heavy atom. The standard InChI is InChI=1S/C14H24OSi2.C14H22OSi2.C10H18Si2.C7H14OSi.CH2Cl2.CH5P/c2*1-11(15)12-6-7-13-14(10-12)17(4,5)9-8-16(13,2)3;1-7-11(3,4)9-10-12(5,6)8-2;1-6-7(2)8-9(3,4)5;2-1-3;1-2/h6-7,10-11,15H,8-9H2,1-5H3;6-7,10H,8-9H2,1-5H3;1-2H,9-10H2,3-6H3;1,7H,2-5H3;1H2;2H2,1H3/i;;;;;2D. The zero-order valence-corrected chi connectivity index (χ0v) is 50.8. The molecular formula is C47H85Cl2O3PSi7. The molecule has 2 aliphatic rings. The lowest BCUT2D eigenvalue weighted by Gasteiger charge is -2.40. The van der Waals surface area contributed by atoms with Crippen molar-refractivity contribution in [2.45, 2.75) is 167 Å². The van der Waals surface area contributed by atoms with Gasteiger partial charge in [0.25, 0.3) is 0 Å². The number of benzene rings is 2. The number of hydrogen-bond acceptors (Lipinski definition) is 3. The molecule has 0 fully saturated rings. The third-order valence-corrected chi connectivity index (χ3v) is 32.7. The molecule has 3 nitrogen and oxygen atoms in total. The molecule has 3 unspecified atom stereocenters. The maximum atomic E-state index is 11.5. The van der Waals surface area contributed by atoms with Gasteiger partial charge in [-0.2, -0.15) is 0 Å². The summed E-state index contributed by atoms with van der Waals surface area (Å²) in [5.74, 6) is 2.73. The topological polar surface area (TPSA) is 46.5 Å². The number of aliphatic hydroxyl groups is 1. The summed E-state index contributed by atoms with van der Waals surface area (Å²) in [6, 6.07) is 21.3. The number of aliphatic hydroxyl groups excluding tert-OH is 1. The number of carbonyl (C=O) groups is 1. The lowest BCUT2D eigenvalue weighted by Crippen LogP contribution is -2.63. The molecular weight excluding hydrogens is 911 g/mol. The zero-order valence-electron chi connectivity index (χ0n) is 42.3. The Kier molecular flexibility index (Phi) is 25.9. The van der Waals surface area contributed by atoms with Crippen LogP contribution in [0.5, 0.6) is 0 Å². The van der Waals surface area contributed by atoms with Crippen LogP contribution in [0.3, 0.4) is 0 Å². The SMILES string of the molecule is C#CC(C)O[Si](C)(C)C.C#C[Si](C)(C)CC[Si](C)(C)C#C.CC(=O)c1ccc2c(c1)[Si](C)(C)CC[Si]2(C)C.CC(O)c1ccc2c(c1)[Si](C)(C)CC[Si]2(C)C.ClCCl.[2H]PC. The Balaban J connectivity index is 0. The molecule has 2 heterocycles. The summed E-state index contributed by atoms with van der Waals surface area (Å²) in [6.45, 7) is 42.3. The van der Waals surface area contributed by atoms with Crippen LogP contribution < -0.4 is 20.7 Å². The smallest absolute Gasteiger partial charge is 0.185 e. The monoisotopic (exact) mass is 995 g/mol. The molecule has 0 saturated heterocycles. The van der Waals surface area contributed by atoms with Gasteiger partial charge in [0.1, 0.15) is 22.3 Å². The van der Waals surface area contributed by atoms with E-state index in [9.17, 15) is 9.90 Å². The first kappa shape index (κ1) is 59.2. The molecule has 13 heteroatoms. The Hall–Kier alpha value is -0.762. The van der Waals surface area contributed by atoms with E-state index in [0.29, 0.717) is 9.18 Å². The molecule has 0 bridgehead atoms. The van der Waals surface area contributed by atoms with E-state index < -0.39 is 56.8 Å². The highest BCUT2D eigenvalue weighted by Gasteiger charge is 2.40. The van der Waals surface area contributed by atoms with Crippen LogP contribution in [0.1, 0.15) is 42.8 Å². The van der Waals surface area contributed by atoms with E-state index in [1.807, 2.05) is 26.6 Å². The van der Waals surface area contributed by atoms with E-state index in [1.165, 1.54) is 36.3 Å². The Labute approximate surface area is 391 Å². The summed E-state index contributed by atoms with van der Waals surface area (Å²) in [5, 5.41) is 16.4. The van der Waals surface area contributed by atoms with Gasteiger partial charge >= 0.3 is 0 Å². The lowest BCUT2D eigenvalue weighted by atomic mass is 10.1. The molecule has 60 heavy (non-hydrogen) atoms. The second-order valence-electron chi connectivity index (χ2n) is 21.0. The van der Waals surface area contributed by atoms with Crippen molar-refractivity contribution in [2.75, 3.05) is 12.0 Å². The van der Waals surface area contributed by atoms with E-state index >= 15 is 0 Å². The number of halogens is 2. The number of ketones is 1. The summed E-state index contributed by atoms with van der Waals surface area (Å²) in [7, 11) is -8.71. The molecule has 0 aromatic heterocycles. The van der Waals surface area contributed by atoms with Gasteiger partial charge in [-0.25, -0.2) is 0 Å². The van der Waals surface area contributed by atoms with Crippen molar-refractivity contribution >= 4 is 116 Å². The van der Waals surface area contributed by atoms with Gasteiger partial charge in [0.2, 0.25) is 0 Å². The van der Waals surface area contributed by atoms with Gasteiger partial charge in [0.15, 0.2) is 14.1 Å². The number of terminal acetylenes is 3. The van der Waals surface area contributed by atoms with Crippen molar-refractivity contribution in [3.8, 4) is 36.3 Å². The minimum atomic E-state index is -1.38. The largest absolute Gasteiger partial charge is 0.404 e. The fourth-order valence-corrected chi connectivity index (χ4v) is 34.0. The van der Waals surface area contributed by atoms with Crippen molar-refractivity contribution in [3.05, 3.63) is 47.5 Å². The van der Waals surface area contributed by atoms with Crippen LogP contribution in [0.2, 0.25) is 134 Å². The molecule has 0 radical (unpaired) electrons. The quantitative estimate of drug-likeness (QED) is 0.0989. The van der Waals surface area contributed by atoms with Gasteiger partial charge in [-0.3, -0.25) is 4.79 Å². The summed E-state index contributed by atoms with van der Waals surface area (Å²) in [6.07, 6.45) is 15.7. The van der Waals surface area contributed by atoms with Crippen molar-refractivity contribution in [2.24, 2.45) is 0 Å². The summed E-state index contributed by atoms with van der Waals surface area (Å²) in [5.41, 5.74) is 7.85. The van der Waals surface area contributed by atoms with Crippen molar-refractivity contribution in [3.63, 3.8) is 0 Å². The van der Waals surface area contributed by atoms with Gasteiger partial charge in [0.05, 0.1) is 45.0 Å². The van der Waals surface area contributed by atoms with Gasteiger partial charge in [-0.1, -0.05) is 172 Å². The minimum absolute atomic E-state index is 0.0170. The highest BCUT2D eigenvalue weighted by molar-refractivity contribution is 7.15. The Bertz CT molecular complexity index is 1780. The van der Waals surface area contributed by atoms with Crippen LogP contribution in [0.25, 0.3) is 0 Å². The third-order valence-electron chi connectivity index (χ3n) is 11.5. The maximum absolute atomic E-state index is 11.5. The van der Waals surface area contributed by atoms with Crippen LogP contribution in [0.15, 0.2) is 36.4 Å².